The first-order valence-corrected chi connectivity index (χ1v) is 19.6. The predicted octanol–water partition coefficient (Wildman–Crippen LogP) is 6.58. The SMILES string of the molecule is CC(C)c1cc(NC(=O)N[C@H]2CC[C@@H](Oc3ccc4nnc(N5[C@H](C)CCC[C@@H]5C)n4c3)c3ccccc32)n(-c2cnn(CCN3CCCC3)c2)n1.O=CO. The number of aromatic nitrogens is 7. The summed E-state index contributed by atoms with van der Waals surface area (Å²) in [5.74, 6) is 2.45. The maximum Gasteiger partial charge on any atom is 0.320 e. The summed E-state index contributed by atoms with van der Waals surface area (Å²) in [5.41, 5.74) is 4.67. The summed E-state index contributed by atoms with van der Waals surface area (Å²) in [7, 11) is 0. The van der Waals surface area contributed by atoms with Crippen LogP contribution in [0.15, 0.2) is 61.1 Å². The fourth-order valence-corrected chi connectivity index (χ4v) is 8.22. The number of likely N-dealkylation sites (tertiary alicyclic amines) is 1. The van der Waals surface area contributed by atoms with Gasteiger partial charge in [-0.05, 0) is 101 Å². The molecule has 1 aromatic carbocycles. The molecule has 15 nitrogen and oxygen atoms in total. The Morgan fingerprint density at radius 2 is 1.71 bits per heavy atom. The number of carbonyl (C=O) groups is 2. The zero-order chi connectivity index (χ0) is 38.5. The number of anilines is 2. The van der Waals surface area contributed by atoms with Crippen LogP contribution in [0.2, 0.25) is 0 Å². The molecule has 15 heteroatoms. The molecule has 8 rings (SSSR count). The molecular weight excluding hydrogens is 699 g/mol. The van der Waals surface area contributed by atoms with Gasteiger partial charge in [-0.25, -0.2) is 9.48 Å². The summed E-state index contributed by atoms with van der Waals surface area (Å²) < 4.78 is 12.5. The van der Waals surface area contributed by atoms with Gasteiger partial charge in [0, 0.05) is 24.7 Å². The highest BCUT2D eigenvalue weighted by Crippen LogP contribution is 2.39. The topological polar surface area (TPSA) is 160 Å². The van der Waals surface area contributed by atoms with Crippen molar-refractivity contribution in [2.24, 2.45) is 0 Å². The van der Waals surface area contributed by atoms with Gasteiger partial charge >= 0.3 is 6.03 Å². The van der Waals surface area contributed by atoms with E-state index < -0.39 is 0 Å². The molecule has 2 aliphatic heterocycles. The van der Waals surface area contributed by atoms with Crippen LogP contribution in [0.25, 0.3) is 11.3 Å². The van der Waals surface area contributed by atoms with Crippen LogP contribution >= 0.6 is 0 Å². The summed E-state index contributed by atoms with van der Waals surface area (Å²) in [5, 5.41) is 31.8. The van der Waals surface area contributed by atoms with Crippen molar-refractivity contribution < 1.29 is 19.4 Å². The monoisotopic (exact) mass is 751 g/mol. The number of carboxylic acid groups (broad SMARTS) is 1. The highest BCUT2D eigenvalue weighted by atomic mass is 16.5. The Kier molecular flexibility index (Phi) is 11.6. The van der Waals surface area contributed by atoms with E-state index in [0.717, 1.165) is 91.7 Å². The minimum absolute atomic E-state index is 0.153. The van der Waals surface area contributed by atoms with Crippen LogP contribution in [-0.2, 0) is 11.3 Å². The molecule has 0 saturated carbocycles. The van der Waals surface area contributed by atoms with E-state index in [1.807, 2.05) is 53.6 Å². The maximum atomic E-state index is 13.6. The molecule has 55 heavy (non-hydrogen) atoms. The number of urea groups is 1. The number of nitrogens with zero attached hydrogens (tertiary/aromatic N) is 9. The zero-order valence-corrected chi connectivity index (χ0v) is 32.2. The molecule has 0 bridgehead atoms. The molecule has 3 N–H and O–H groups in total. The number of amides is 2. The molecule has 1 aliphatic carbocycles. The summed E-state index contributed by atoms with van der Waals surface area (Å²) in [6.07, 6.45) is 13.2. The predicted molar refractivity (Wildman–Crippen MR) is 210 cm³/mol. The van der Waals surface area contributed by atoms with E-state index in [1.165, 1.54) is 19.3 Å². The van der Waals surface area contributed by atoms with E-state index in [1.54, 1.807) is 4.68 Å². The van der Waals surface area contributed by atoms with E-state index in [2.05, 4.69) is 80.0 Å². The minimum Gasteiger partial charge on any atom is -0.484 e. The first kappa shape index (κ1) is 37.9. The summed E-state index contributed by atoms with van der Waals surface area (Å²) >= 11 is 0. The molecule has 6 heterocycles. The number of pyridine rings is 1. The Labute approximate surface area is 321 Å². The van der Waals surface area contributed by atoms with Gasteiger partial charge in [-0.15, -0.1) is 10.2 Å². The van der Waals surface area contributed by atoms with Gasteiger partial charge in [0.2, 0.25) is 5.95 Å². The molecular formula is C40H53N11O4. The van der Waals surface area contributed by atoms with Crippen molar-refractivity contribution in [3.8, 4) is 11.4 Å². The van der Waals surface area contributed by atoms with Crippen LogP contribution in [0.4, 0.5) is 16.6 Å². The smallest absolute Gasteiger partial charge is 0.320 e. The second-order valence-electron chi connectivity index (χ2n) is 15.2. The van der Waals surface area contributed by atoms with Crippen molar-refractivity contribution in [1.82, 2.24) is 44.4 Å². The molecule has 292 valence electrons. The third kappa shape index (κ3) is 8.46. The van der Waals surface area contributed by atoms with E-state index in [0.29, 0.717) is 17.9 Å². The Balaban J connectivity index is 0.00000150. The summed E-state index contributed by atoms with van der Waals surface area (Å²) in [6.45, 7) is 12.6. The average Bonchev–Trinajstić information content (AvgIpc) is 4.00. The van der Waals surface area contributed by atoms with Gasteiger partial charge in [-0.1, -0.05) is 38.1 Å². The number of piperidine rings is 1. The quantitative estimate of drug-likeness (QED) is 0.133. The number of benzene rings is 1. The van der Waals surface area contributed by atoms with E-state index >= 15 is 0 Å². The van der Waals surface area contributed by atoms with Gasteiger partial charge in [-0.3, -0.25) is 19.2 Å². The molecule has 2 saturated heterocycles. The van der Waals surface area contributed by atoms with Crippen LogP contribution in [0.5, 0.6) is 5.75 Å². The highest BCUT2D eigenvalue weighted by molar-refractivity contribution is 5.89. The molecule has 4 atom stereocenters. The number of fused-ring (bicyclic) bond motifs is 2. The van der Waals surface area contributed by atoms with Crippen molar-refractivity contribution >= 4 is 29.9 Å². The second kappa shape index (κ2) is 16.9. The van der Waals surface area contributed by atoms with Crippen LogP contribution in [-0.4, -0.2) is 88.4 Å². The number of carbonyl (C=O) groups excluding carboxylic acids is 1. The standard InChI is InChI=1S/C39H51N11O2.CH2O2/c1-26(2)34-22-37(50(45-34)29-23-40-47(24-29)21-20-46-18-7-8-19-46)42-38(51)41-33-15-16-35(32-13-6-5-12-31(32)33)52-30-14-17-36-43-44-39(48(36)25-30)49-27(3)10-9-11-28(49)4;2-1-3/h5-6,12-14,17,22-28,33,35H,7-11,15-16,18-21H2,1-4H3,(H2,41,42,51);1H,(H,2,3)/t27-,28+,33-,35+;/m0./s1. The fourth-order valence-electron chi connectivity index (χ4n) is 8.22. The zero-order valence-electron chi connectivity index (χ0n) is 32.2. The third-order valence-corrected chi connectivity index (χ3v) is 11.1. The Morgan fingerprint density at radius 3 is 2.45 bits per heavy atom. The van der Waals surface area contributed by atoms with Gasteiger partial charge in [0.1, 0.15) is 23.4 Å². The van der Waals surface area contributed by atoms with Gasteiger partial charge in [0.05, 0.1) is 36.9 Å². The molecule has 4 aromatic heterocycles. The van der Waals surface area contributed by atoms with Crippen molar-refractivity contribution in [1.29, 1.82) is 0 Å². The van der Waals surface area contributed by atoms with Crippen molar-refractivity contribution in [3.63, 3.8) is 0 Å². The van der Waals surface area contributed by atoms with Crippen LogP contribution in [0, 0.1) is 0 Å². The Morgan fingerprint density at radius 1 is 0.964 bits per heavy atom. The Hall–Kier alpha value is -5.44. The lowest BCUT2D eigenvalue weighted by Gasteiger charge is -2.39. The first-order valence-electron chi connectivity index (χ1n) is 19.6. The molecule has 5 aromatic rings. The lowest BCUT2D eigenvalue weighted by atomic mass is 9.85. The highest BCUT2D eigenvalue weighted by Gasteiger charge is 2.31. The van der Waals surface area contributed by atoms with Gasteiger partial charge in [-0.2, -0.15) is 10.2 Å². The second-order valence-corrected chi connectivity index (χ2v) is 15.2. The fraction of sp³-hybridized carbons (Fsp3) is 0.500. The summed E-state index contributed by atoms with van der Waals surface area (Å²) in [4.78, 5) is 26.9. The van der Waals surface area contributed by atoms with Crippen molar-refractivity contribution in [3.05, 3.63) is 77.9 Å². The Bertz CT molecular complexity index is 2060. The number of hydrogen-bond acceptors (Lipinski definition) is 9. The molecule has 0 spiro atoms. The van der Waals surface area contributed by atoms with Gasteiger partial charge in [0.15, 0.2) is 5.65 Å². The average molecular weight is 752 g/mol. The minimum atomic E-state index is -0.274. The number of rotatable bonds is 10. The molecule has 2 amide bonds. The first-order chi connectivity index (χ1) is 26.7. The van der Waals surface area contributed by atoms with Crippen molar-refractivity contribution in [2.45, 2.75) is 109 Å². The van der Waals surface area contributed by atoms with Crippen LogP contribution < -0.4 is 20.3 Å². The normalized spacial score (nSPS) is 21.2. The molecule has 0 unspecified atom stereocenters. The lowest BCUT2D eigenvalue weighted by molar-refractivity contribution is -0.122. The van der Waals surface area contributed by atoms with Crippen LogP contribution in [0.3, 0.4) is 0 Å². The largest absolute Gasteiger partial charge is 0.484 e. The van der Waals surface area contributed by atoms with E-state index in [9.17, 15) is 4.79 Å². The van der Waals surface area contributed by atoms with Gasteiger partial charge in [0.25, 0.3) is 6.47 Å². The summed E-state index contributed by atoms with van der Waals surface area (Å²) in [6, 6.07) is 14.5. The van der Waals surface area contributed by atoms with Crippen LogP contribution in [0.1, 0.15) is 108 Å². The van der Waals surface area contributed by atoms with E-state index in [-0.39, 0.29) is 30.6 Å². The van der Waals surface area contributed by atoms with Crippen molar-refractivity contribution in [2.75, 3.05) is 29.9 Å². The number of nitrogens with one attached hydrogen (secondary N) is 2. The van der Waals surface area contributed by atoms with E-state index in [4.69, 9.17) is 19.7 Å². The third-order valence-electron chi connectivity index (χ3n) is 11.1. The molecule has 3 aliphatic rings. The molecule has 0 radical (unpaired) electrons. The number of ether oxygens (including phenoxy) is 1. The molecule has 2 fully saturated rings. The van der Waals surface area contributed by atoms with Gasteiger partial charge < -0.3 is 25.0 Å². The number of hydrogen-bond donors (Lipinski definition) is 3. The maximum absolute atomic E-state index is 13.6. The lowest BCUT2D eigenvalue weighted by Crippen LogP contribution is -2.44.